The van der Waals surface area contributed by atoms with Gasteiger partial charge >= 0.3 is 32.9 Å². The molecule has 40 heteroatoms. The maximum absolute atomic E-state index is 14.2. The molecule has 6 aromatic carbocycles. The molecule has 0 amide bonds. The molecule has 11 N–H and O–H groups in total. The fourth-order valence-electron chi connectivity index (χ4n) is 12.6. The Labute approximate surface area is 755 Å². The van der Waals surface area contributed by atoms with Crippen LogP contribution in [0.1, 0.15) is 116 Å². The van der Waals surface area contributed by atoms with Crippen molar-refractivity contribution in [1.29, 1.82) is 0 Å². The molecule has 0 saturated carbocycles. The summed E-state index contributed by atoms with van der Waals surface area (Å²) >= 11 is 0. The van der Waals surface area contributed by atoms with E-state index in [1.807, 2.05) is 196 Å². The number of rotatable bonds is 43. The normalized spacial score (nSPS) is 14.0. The van der Waals surface area contributed by atoms with Crippen molar-refractivity contribution in [3.8, 4) is 0 Å². The van der Waals surface area contributed by atoms with Gasteiger partial charge < -0.3 is 78.7 Å². The van der Waals surface area contributed by atoms with Crippen molar-refractivity contribution in [3.05, 3.63) is 253 Å². The zero-order chi connectivity index (χ0) is 93.8. The number of anilines is 3. The lowest BCUT2D eigenvalue weighted by Crippen LogP contribution is -2.36. The van der Waals surface area contributed by atoms with Crippen molar-refractivity contribution in [2.24, 2.45) is 15.5 Å². The number of hydrogen-bond donors (Lipinski definition) is 8. The van der Waals surface area contributed by atoms with Crippen LogP contribution in [0.5, 0.6) is 0 Å². The van der Waals surface area contributed by atoms with Crippen LogP contribution in [0.2, 0.25) is 0 Å². The van der Waals surface area contributed by atoms with Gasteiger partial charge in [0.2, 0.25) is 0 Å². The van der Waals surface area contributed by atoms with Gasteiger partial charge in [-0.15, -0.1) is 0 Å². The van der Waals surface area contributed by atoms with Gasteiger partial charge in [0.15, 0.2) is 34.4 Å². The first kappa shape index (κ1) is 101. The minimum atomic E-state index is -3.89. The Kier molecular flexibility index (Phi) is 39.4. The average Bonchev–Trinajstić information content (AvgIpc) is 1.67. The first-order chi connectivity index (χ1) is 62.2. The van der Waals surface area contributed by atoms with Crippen LogP contribution >= 0.6 is 22.6 Å². The van der Waals surface area contributed by atoms with Gasteiger partial charge in [0.25, 0.3) is 7.52 Å². The van der Waals surface area contributed by atoms with E-state index in [0.717, 1.165) is 39.1 Å². The van der Waals surface area contributed by atoms with Crippen LogP contribution in [-0.2, 0) is 124 Å². The van der Waals surface area contributed by atoms with Crippen molar-refractivity contribution in [3.63, 3.8) is 0 Å². The molecule has 6 aromatic heterocycles. The summed E-state index contributed by atoms with van der Waals surface area (Å²) in [5, 5.41) is 29.2. The van der Waals surface area contributed by atoms with E-state index in [4.69, 9.17) is 60.1 Å². The molecule has 12 rings (SSSR count). The van der Waals surface area contributed by atoms with Crippen molar-refractivity contribution in [2.45, 2.75) is 196 Å². The van der Waals surface area contributed by atoms with E-state index in [0.29, 0.717) is 103 Å². The summed E-state index contributed by atoms with van der Waals surface area (Å²) in [6.07, 6.45) is 8.66. The summed E-state index contributed by atoms with van der Waals surface area (Å²) in [4.78, 5) is 84.1. The molecule has 0 radical (unpaired) electrons. The highest BCUT2D eigenvalue weighted by molar-refractivity contribution is 7.57. The van der Waals surface area contributed by atoms with Gasteiger partial charge in [0, 0.05) is 38.5 Å². The molecule has 692 valence electrons. The minimum absolute atomic E-state index is 0.277. The lowest BCUT2D eigenvalue weighted by atomic mass is 10.0. The maximum atomic E-state index is 14.2. The second kappa shape index (κ2) is 50.5. The second-order valence-corrected chi connectivity index (χ2v) is 37.5. The summed E-state index contributed by atoms with van der Waals surface area (Å²) in [5.74, 6) is -0.894. The van der Waals surface area contributed by atoms with Gasteiger partial charge in [-0.3, -0.25) is 28.1 Å². The van der Waals surface area contributed by atoms with Gasteiger partial charge in [-0.25, -0.2) is 60.1 Å². The Morgan fingerprint density at radius 1 is 0.362 bits per heavy atom. The van der Waals surface area contributed by atoms with Gasteiger partial charge in [0.05, 0.1) is 92.4 Å². The number of aromatic nitrogens is 12. The number of benzene rings is 6. The zero-order valence-corrected chi connectivity index (χ0v) is 77.5. The highest BCUT2D eigenvalue weighted by Gasteiger charge is 2.35. The van der Waals surface area contributed by atoms with Crippen LogP contribution in [0.15, 0.2) is 235 Å². The maximum Gasteiger partial charge on any atom is 0.364 e. The van der Waals surface area contributed by atoms with Crippen molar-refractivity contribution in [1.82, 2.24) is 73.8 Å². The summed E-state index contributed by atoms with van der Waals surface area (Å²) in [5.41, 5.74) is 29.2. The number of nitrogen functional groups attached to an aromatic ring is 3. The summed E-state index contributed by atoms with van der Waals surface area (Å²) in [6.45, 7) is 21.4. The smallest absolute Gasteiger partial charge is 0.364 e. The zero-order valence-electron chi connectivity index (χ0n) is 74.9. The third-order valence-electron chi connectivity index (χ3n) is 18.8. The number of carbonyl (C=O) groups is 3. The highest BCUT2D eigenvalue weighted by Crippen LogP contribution is 2.46. The van der Waals surface area contributed by atoms with Gasteiger partial charge in [-0.05, 0) is 116 Å². The number of nitrogens with zero attached hydrogens (tertiary/aromatic N) is 15. The molecule has 130 heavy (non-hydrogen) atoms. The van der Waals surface area contributed by atoms with E-state index in [2.05, 4.69) is 75.6 Å². The number of imidazole rings is 3. The summed E-state index contributed by atoms with van der Waals surface area (Å²) < 4.78 is 90.4. The van der Waals surface area contributed by atoms with Gasteiger partial charge in [-0.1, -0.05) is 197 Å². The van der Waals surface area contributed by atoms with Crippen LogP contribution in [0.4, 0.5) is 17.5 Å². The molecule has 3 unspecified atom stereocenters. The van der Waals surface area contributed by atoms with Crippen molar-refractivity contribution >= 4 is 109 Å². The fraction of sp³-hybridized carbons (Fsp3) is 0.367. The predicted octanol–water partition coefficient (Wildman–Crippen LogP) is 13.7. The molecule has 0 aliphatic carbocycles. The third kappa shape index (κ3) is 33.9. The van der Waals surface area contributed by atoms with Crippen LogP contribution in [0.25, 0.3) is 33.5 Å². The van der Waals surface area contributed by atoms with E-state index < -0.39 is 83.3 Å². The fourth-order valence-corrected chi connectivity index (χ4v) is 17.0. The largest absolute Gasteiger partial charge is 0.462 e. The minimum Gasteiger partial charge on any atom is -0.462 e. The summed E-state index contributed by atoms with van der Waals surface area (Å²) in [7, 11) is -11.6. The molecular weight excluding hydrogens is 1720 g/mol. The average molecular weight is 1840 g/mol. The Bertz CT molecular complexity index is 5420. The molecule has 0 aliphatic rings. The molecule has 0 bridgehead atoms. The number of oxime groups is 3. The molecule has 37 nitrogen and oxygen atoms in total. The highest BCUT2D eigenvalue weighted by atomic mass is 31.2. The van der Waals surface area contributed by atoms with Crippen LogP contribution < -0.4 is 32.5 Å². The molecule has 6 heterocycles. The predicted molar refractivity (Wildman–Crippen MR) is 499 cm³/mol. The lowest BCUT2D eigenvalue weighted by molar-refractivity contribution is -0.149. The Hall–Kier alpha value is -12.4. The number of hydrogen-bond acceptors (Lipinski definition) is 30. The molecule has 0 fully saturated rings. The Morgan fingerprint density at radius 3 is 0.862 bits per heavy atom. The van der Waals surface area contributed by atoms with Crippen LogP contribution in [0, 0.1) is 0 Å². The number of fused-ring (bicyclic) bond motifs is 3. The summed E-state index contributed by atoms with van der Waals surface area (Å²) in [6, 6.07) is 56.6. The Balaban J connectivity index is 0.000000205. The molecule has 0 saturated heterocycles. The first-order valence-corrected chi connectivity index (χ1v) is 47.6. The number of carbonyl (C=O) groups excluding carboxylic acids is 3. The molecule has 0 spiro atoms. The molecule has 9 atom stereocenters. The number of ether oxygens (including phenoxy) is 6. The molecular formula is C90H116N21O16P3. The third-order valence-corrected chi connectivity index (χ3v) is 23.3. The van der Waals surface area contributed by atoms with E-state index in [-0.39, 0.29) is 48.5 Å². The van der Waals surface area contributed by atoms with E-state index in [9.17, 15) is 33.0 Å². The lowest BCUT2D eigenvalue weighted by Gasteiger charge is -2.23. The number of nitrogens with two attached hydrogens (primary N) is 3. The van der Waals surface area contributed by atoms with E-state index >= 15 is 0 Å². The SMILES string of the molecule is CC(C)OC(=O)[C@H](C)NP(=O)(CO[C@H](C)Cn1cnc2c(N)ncnc21)ON=C(Cc1ccccc1)Cc1ccccc1.CC(C)OC(=O)[C@H](C)NP(=O)(CO[C@H](C)Cn1cnc2c(N)ncnc21)ON=C(Cc1ccccc1)Cc1ccccc1.CC(C)OC(=O)[C@H](C)NP(=O)(O)CO[C@H](C)Cn1cnc2c(N)ncnc21.ON=C(Cc1ccccc1)Cc1ccccc1. The number of nitrogens with one attached hydrogen (secondary N) is 3. The van der Waals surface area contributed by atoms with Crippen molar-refractivity contribution < 1.29 is 75.8 Å². The van der Waals surface area contributed by atoms with Crippen molar-refractivity contribution in [2.75, 3.05) is 36.2 Å². The van der Waals surface area contributed by atoms with E-state index in [1.54, 1.807) is 95.0 Å². The standard InChI is InChI=1S/2C30H38N7O5P.C15H25N6O5P.C15H15NO/c2*1-21(2)41-30(38)23(4)36-43(39,20-40-22(3)17-37-19-34-27-28(31)32-18-33-29(27)37)42-35-26(15-24-11-7-5-8-12-24)16-25-13-9-6-10-14-25;1-9(2)26-15(22)11(4)20-27(23,24)8-25-10(3)5-21-7-19-12-13(16)17-6-18-14(12)21;17-16-15(11-13-7-3-1-4-8-13)12-14-9-5-2-6-10-14/h2*5-14,18-19,21-23H,15-17,20H2,1-4H3,(H,36,39)(H2,31,32,33);6-7,9-11H,5,8H2,1-4H3,(H2,16,17,18)(H2,20,23,24);1-10,17H,11-12H2/t2*22-,23+,43?;10-,11+;/m111./s1. The van der Waals surface area contributed by atoms with Gasteiger partial charge in [0.1, 0.15) is 72.7 Å². The van der Waals surface area contributed by atoms with E-state index in [1.165, 1.54) is 25.9 Å². The first-order valence-electron chi connectivity index (χ1n) is 42.2. The van der Waals surface area contributed by atoms with Gasteiger partial charge in [-0.2, -0.15) is 0 Å². The quantitative estimate of drug-likeness (QED) is 0.00439. The number of esters is 3. The molecule has 0 aliphatic heterocycles. The monoisotopic (exact) mass is 1840 g/mol. The Morgan fingerprint density at radius 2 is 0.608 bits per heavy atom. The molecule has 12 aromatic rings. The topological polar surface area (TPSA) is 499 Å². The van der Waals surface area contributed by atoms with Crippen LogP contribution in [0.3, 0.4) is 0 Å². The second-order valence-electron chi connectivity index (χ2n) is 31.5. The van der Waals surface area contributed by atoms with Crippen LogP contribution in [-0.4, -0.2) is 177 Å².